The Morgan fingerprint density at radius 1 is 1.33 bits per heavy atom. The van der Waals surface area contributed by atoms with Gasteiger partial charge < -0.3 is 10.2 Å². The number of nitrogens with zero attached hydrogens (tertiary/aromatic N) is 1. The molecule has 7 heteroatoms. The molecule has 0 aliphatic carbocycles. The molecule has 21 heavy (non-hydrogen) atoms. The minimum absolute atomic E-state index is 0.0320. The van der Waals surface area contributed by atoms with Crippen LogP contribution in [0.1, 0.15) is 29.6 Å². The van der Waals surface area contributed by atoms with E-state index < -0.39 is 16.0 Å². The smallest absolute Gasteiger partial charge is 0.337 e. The Morgan fingerprint density at radius 2 is 2.05 bits per heavy atom. The minimum Gasteiger partial charge on any atom is -0.478 e. The fourth-order valence-electron chi connectivity index (χ4n) is 2.67. The Labute approximate surface area is 124 Å². The van der Waals surface area contributed by atoms with Crippen molar-refractivity contribution in [3.05, 3.63) is 29.8 Å². The van der Waals surface area contributed by atoms with Gasteiger partial charge >= 0.3 is 5.97 Å². The molecule has 0 aromatic heterocycles. The van der Waals surface area contributed by atoms with E-state index in [0.717, 1.165) is 12.8 Å². The number of piperidine rings is 1. The summed E-state index contributed by atoms with van der Waals surface area (Å²) < 4.78 is 26.7. The summed E-state index contributed by atoms with van der Waals surface area (Å²) in [6.45, 7) is 0.749. The number of sulfonamides is 1. The lowest BCUT2D eigenvalue weighted by atomic mass is 9.97. The summed E-state index contributed by atoms with van der Waals surface area (Å²) in [6.07, 6.45) is 2.17. The Morgan fingerprint density at radius 3 is 2.71 bits per heavy atom. The zero-order valence-electron chi connectivity index (χ0n) is 11.6. The molecule has 1 fully saturated rings. The third-order valence-electron chi connectivity index (χ3n) is 3.75. The second-order valence-electron chi connectivity index (χ2n) is 5.18. The van der Waals surface area contributed by atoms with Crippen LogP contribution in [-0.2, 0) is 10.0 Å². The largest absolute Gasteiger partial charge is 0.478 e. The van der Waals surface area contributed by atoms with Gasteiger partial charge in [-0.3, -0.25) is 0 Å². The predicted octanol–water partition coefficient (Wildman–Crippen LogP) is 1.17. The molecule has 116 valence electrons. The number of rotatable bonds is 5. The Kier molecular flexibility index (Phi) is 4.97. The van der Waals surface area contributed by atoms with Crippen LogP contribution in [0.25, 0.3) is 0 Å². The van der Waals surface area contributed by atoms with Crippen molar-refractivity contribution in [2.75, 3.05) is 19.7 Å². The molecule has 1 aromatic rings. The molecule has 1 aromatic carbocycles. The second-order valence-corrected chi connectivity index (χ2v) is 7.09. The van der Waals surface area contributed by atoms with E-state index in [4.69, 9.17) is 10.2 Å². The predicted molar refractivity (Wildman–Crippen MR) is 76.6 cm³/mol. The summed E-state index contributed by atoms with van der Waals surface area (Å²) >= 11 is 0. The van der Waals surface area contributed by atoms with E-state index in [2.05, 4.69) is 0 Å². The zero-order chi connectivity index (χ0) is 15.5. The van der Waals surface area contributed by atoms with Crippen LogP contribution in [0.5, 0.6) is 0 Å². The molecule has 0 radical (unpaired) electrons. The van der Waals surface area contributed by atoms with Gasteiger partial charge in [0.15, 0.2) is 0 Å². The van der Waals surface area contributed by atoms with Gasteiger partial charge in [0.1, 0.15) is 0 Å². The van der Waals surface area contributed by atoms with E-state index in [-0.39, 0.29) is 23.0 Å². The van der Waals surface area contributed by atoms with Gasteiger partial charge in [0.05, 0.1) is 10.5 Å². The second kappa shape index (κ2) is 6.55. The molecular formula is C14H19NO5S. The minimum atomic E-state index is -3.82. The van der Waals surface area contributed by atoms with Crippen LogP contribution in [0.15, 0.2) is 29.2 Å². The first-order chi connectivity index (χ1) is 9.96. The molecule has 0 amide bonds. The molecule has 1 heterocycles. The van der Waals surface area contributed by atoms with Crippen LogP contribution in [0.4, 0.5) is 0 Å². The number of carboxylic acids is 1. The maximum atomic E-state index is 12.7. The number of benzene rings is 1. The van der Waals surface area contributed by atoms with Gasteiger partial charge in [0, 0.05) is 19.7 Å². The molecule has 1 aliphatic heterocycles. The molecule has 0 saturated carbocycles. The van der Waals surface area contributed by atoms with Gasteiger partial charge in [-0.25, -0.2) is 13.2 Å². The monoisotopic (exact) mass is 313 g/mol. The van der Waals surface area contributed by atoms with Gasteiger partial charge in [-0.2, -0.15) is 4.31 Å². The molecule has 1 aliphatic rings. The van der Waals surface area contributed by atoms with E-state index in [1.807, 2.05) is 0 Å². The number of hydrogen-bond donors (Lipinski definition) is 2. The van der Waals surface area contributed by atoms with Gasteiger partial charge in [-0.1, -0.05) is 12.1 Å². The van der Waals surface area contributed by atoms with Crippen LogP contribution < -0.4 is 0 Å². The topological polar surface area (TPSA) is 94.9 Å². The van der Waals surface area contributed by atoms with E-state index in [1.54, 1.807) is 0 Å². The maximum absolute atomic E-state index is 12.7. The lowest BCUT2D eigenvalue weighted by Gasteiger charge is -2.31. The van der Waals surface area contributed by atoms with Gasteiger partial charge in [-0.05, 0) is 37.3 Å². The lowest BCUT2D eigenvalue weighted by Crippen LogP contribution is -2.40. The first kappa shape index (κ1) is 15.9. The number of aromatic carboxylic acids is 1. The first-order valence-corrected chi connectivity index (χ1v) is 8.34. The molecule has 2 rings (SSSR count). The Hall–Kier alpha value is -1.44. The van der Waals surface area contributed by atoms with Gasteiger partial charge in [0.2, 0.25) is 10.0 Å². The third kappa shape index (κ3) is 3.42. The molecule has 6 nitrogen and oxygen atoms in total. The average Bonchev–Trinajstić information content (AvgIpc) is 2.48. The van der Waals surface area contributed by atoms with E-state index in [1.165, 1.54) is 28.6 Å². The molecule has 0 spiro atoms. The summed E-state index contributed by atoms with van der Waals surface area (Å²) in [7, 11) is -3.82. The Bertz CT molecular complexity index is 612. The molecule has 1 saturated heterocycles. The SMILES string of the molecule is O=C(O)c1ccccc1S(=O)(=O)N1CCCC(CCO)C1. The molecule has 1 unspecified atom stereocenters. The number of hydrogen-bond acceptors (Lipinski definition) is 4. The first-order valence-electron chi connectivity index (χ1n) is 6.90. The van der Waals surface area contributed by atoms with Crippen molar-refractivity contribution in [1.82, 2.24) is 4.31 Å². The summed E-state index contributed by atoms with van der Waals surface area (Å²) in [5, 5.41) is 18.1. The lowest BCUT2D eigenvalue weighted by molar-refractivity contribution is 0.0692. The fraction of sp³-hybridized carbons (Fsp3) is 0.500. The maximum Gasteiger partial charge on any atom is 0.337 e. The van der Waals surface area contributed by atoms with Crippen molar-refractivity contribution in [1.29, 1.82) is 0 Å². The summed E-state index contributed by atoms with van der Waals surface area (Å²) in [5.74, 6) is -1.13. The number of aliphatic hydroxyl groups excluding tert-OH is 1. The van der Waals surface area contributed by atoms with Crippen molar-refractivity contribution in [2.24, 2.45) is 5.92 Å². The van der Waals surface area contributed by atoms with E-state index in [9.17, 15) is 13.2 Å². The summed E-state index contributed by atoms with van der Waals surface area (Å²) in [4.78, 5) is 11.0. The summed E-state index contributed by atoms with van der Waals surface area (Å²) in [5.41, 5.74) is -0.207. The zero-order valence-corrected chi connectivity index (χ0v) is 12.4. The normalized spacial score (nSPS) is 20.3. The highest BCUT2D eigenvalue weighted by Crippen LogP contribution is 2.27. The highest BCUT2D eigenvalue weighted by atomic mass is 32.2. The fourth-order valence-corrected chi connectivity index (χ4v) is 4.41. The van der Waals surface area contributed by atoms with Crippen LogP contribution >= 0.6 is 0 Å². The van der Waals surface area contributed by atoms with E-state index in [0.29, 0.717) is 19.5 Å². The van der Waals surface area contributed by atoms with Gasteiger partial charge in [0.25, 0.3) is 0 Å². The van der Waals surface area contributed by atoms with Crippen molar-refractivity contribution in [3.63, 3.8) is 0 Å². The van der Waals surface area contributed by atoms with E-state index >= 15 is 0 Å². The van der Waals surface area contributed by atoms with Crippen LogP contribution in [-0.4, -0.2) is 48.6 Å². The average molecular weight is 313 g/mol. The van der Waals surface area contributed by atoms with Crippen molar-refractivity contribution < 1.29 is 23.4 Å². The molecule has 0 bridgehead atoms. The van der Waals surface area contributed by atoms with Crippen LogP contribution in [0.2, 0.25) is 0 Å². The van der Waals surface area contributed by atoms with Crippen LogP contribution in [0, 0.1) is 5.92 Å². The Balaban J connectivity index is 2.32. The summed E-state index contributed by atoms with van der Waals surface area (Å²) in [6, 6.07) is 5.65. The van der Waals surface area contributed by atoms with Crippen molar-refractivity contribution in [2.45, 2.75) is 24.2 Å². The number of carboxylic acid groups (broad SMARTS) is 1. The molecule has 1 atom stereocenters. The highest BCUT2D eigenvalue weighted by Gasteiger charge is 2.32. The van der Waals surface area contributed by atoms with Crippen molar-refractivity contribution in [3.8, 4) is 0 Å². The molecule has 2 N–H and O–H groups in total. The number of aliphatic hydroxyl groups is 1. The highest BCUT2D eigenvalue weighted by molar-refractivity contribution is 7.89. The van der Waals surface area contributed by atoms with Gasteiger partial charge in [-0.15, -0.1) is 0 Å². The standard InChI is InChI=1S/C14H19NO5S/c16-9-7-11-4-3-8-15(10-11)21(19,20)13-6-2-1-5-12(13)14(17)18/h1-2,5-6,11,16H,3-4,7-10H2,(H,17,18). The van der Waals surface area contributed by atoms with Crippen molar-refractivity contribution >= 4 is 16.0 Å². The number of carbonyl (C=O) groups is 1. The molecular weight excluding hydrogens is 294 g/mol. The van der Waals surface area contributed by atoms with Crippen LogP contribution in [0.3, 0.4) is 0 Å². The third-order valence-corrected chi connectivity index (χ3v) is 5.68. The quantitative estimate of drug-likeness (QED) is 0.851.